The molecule has 3 nitrogen and oxygen atoms in total. The third kappa shape index (κ3) is 6.37. The molecule has 0 aliphatic heterocycles. The number of carbonyl (C=O) groups is 1. The van der Waals surface area contributed by atoms with E-state index in [-0.39, 0.29) is 17.0 Å². The Hall–Kier alpha value is -2.29. The first kappa shape index (κ1) is 26.0. The highest BCUT2D eigenvalue weighted by molar-refractivity contribution is 5.78. The fraction of sp³-hybridized carbons (Fsp3) is 0.552. The number of rotatable bonds is 10. The van der Waals surface area contributed by atoms with Crippen LogP contribution in [0.2, 0.25) is 0 Å². The lowest BCUT2D eigenvalue weighted by atomic mass is 9.71. The molecular formula is C29H42O3. The standard InChI is InChI=1S/C29H42O3/c1-10-27(5,6)26(30)31-24-16-12-22(13-17-24)29(9,20-21(3)4)23-14-18-25(19-15-23)32-28(7,8)11-2/h12-19,21H,10-11,20H2,1-9H3. The van der Waals surface area contributed by atoms with E-state index in [0.717, 1.165) is 25.0 Å². The van der Waals surface area contributed by atoms with Crippen LogP contribution in [0.3, 0.4) is 0 Å². The molecule has 0 N–H and O–H groups in total. The molecule has 0 fully saturated rings. The highest BCUT2D eigenvalue weighted by Gasteiger charge is 2.31. The van der Waals surface area contributed by atoms with Crippen molar-refractivity contribution < 1.29 is 14.3 Å². The van der Waals surface area contributed by atoms with Gasteiger partial charge in [-0.1, -0.05) is 58.9 Å². The lowest BCUT2D eigenvalue weighted by Gasteiger charge is -2.33. The van der Waals surface area contributed by atoms with Gasteiger partial charge in [0.25, 0.3) is 0 Å². The molecule has 32 heavy (non-hydrogen) atoms. The SMILES string of the molecule is CCC(C)(C)Oc1ccc(C(C)(CC(C)C)c2ccc(OC(=O)C(C)(C)CC)cc2)cc1. The smallest absolute Gasteiger partial charge is 0.316 e. The summed E-state index contributed by atoms with van der Waals surface area (Å²) < 4.78 is 11.8. The summed E-state index contributed by atoms with van der Waals surface area (Å²) in [6.45, 7) is 19.0. The van der Waals surface area contributed by atoms with E-state index >= 15 is 0 Å². The molecule has 0 aromatic heterocycles. The summed E-state index contributed by atoms with van der Waals surface area (Å²) in [6.07, 6.45) is 2.70. The maximum Gasteiger partial charge on any atom is 0.316 e. The van der Waals surface area contributed by atoms with Crippen LogP contribution >= 0.6 is 0 Å². The molecule has 0 amide bonds. The van der Waals surface area contributed by atoms with E-state index in [2.05, 4.69) is 77.9 Å². The van der Waals surface area contributed by atoms with Crippen LogP contribution in [0.25, 0.3) is 0 Å². The van der Waals surface area contributed by atoms with Crippen LogP contribution in [-0.2, 0) is 10.2 Å². The van der Waals surface area contributed by atoms with E-state index < -0.39 is 5.41 Å². The van der Waals surface area contributed by atoms with E-state index in [0.29, 0.717) is 11.7 Å². The van der Waals surface area contributed by atoms with Crippen LogP contribution in [0.5, 0.6) is 11.5 Å². The Kier molecular flexibility index (Phi) is 8.20. The van der Waals surface area contributed by atoms with Gasteiger partial charge in [0.05, 0.1) is 5.41 Å². The second-order valence-corrected chi connectivity index (χ2v) is 10.8. The normalized spacial score (nSPS) is 14.2. The van der Waals surface area contributed by atoms with Crippen molar-refractivity contribution in [1.29, 1.82) is 0 Å². The minimum Gasteiger partial charge on any atom is -0.488 e. The van der Waals surface area contributed by atoms with E-state index in [1.807, 2.05) is 32.9 Å². The summed E-state index contributed by atoms with van der Waals surface area (Å²) in [4.78, 5) is 12.4. The maximum atomic E-state index is 12.4. The van der Waals surface area contributed by atoms with E-state index in [9.17, 15) is 4.79 Å². The maximum absolute atomic E-state index is 12.4. The van der Waals surface area contributed by atoms with Gasteiger partial charge < -0.3 is 9.47 Å². The van der Waals surface area contributed by atoms with Gasteiger partial charge in [0.1, 0.15) is 17.1 Å². The quantitative estimate of drug-likeness (QED) is 0.279. The molecule has 1 unspecified atom stereocenters. The highest BCUT2D eigenvalue weighted by Crippen LogP contribution is 2.39. The molecule has 2 aromatic rings. The second kappa shape index (κ2) is 10.1. The fourth-order valence-corrected chi connectivity index (χ4v) is 3.78. The van der Waals surface area contributed by atoms with Gasteiger partial charge in [-0.25, -0.2) is 0 Å². The lowest BCUT2D eigenvalue weighted by molar-refractivity contribution is -0.144. The van der Waals surface area contributed by atoms with E-state index in [4.69, 9.17) is 9.47 Å². The van der Waals surface area contributed by atoms with Crippen LogP contribution < -0.4 is 9.47 Å². The van der Waals surface area contributed by atoms with Crippen molar-refractivity contribution in [2.24, 2.45) is 11.3 Å². The van der Waals surface area contributed by atoms with Crippen molar-refractivity contribution in [3.8, 4) is 11.5 Å². The average molecular weight is 439 g/mol. The van der Waals surface area contributed by atoms with Gasteiger partial charge in [-0.2, -0.15) is 0 Å². The molecule has 1 atom stereocenters. The third-order valence-electron chi connectivity index (χ3n) is 6.69. The molecule has 0 saturated heterocycles. The highest BCUT2D eigenvalue weighted by atomic mass is 16.5. The van der Waals surface area contributed by atoms with Crippen LogP contribution in [0.1, 0.15) is 92.7 Å². The summed E-state index contributed by atoms with van der Waals surface area (Å²) in [7, 11) is 0. The minimum absolute atomic E-state index is 0.155. The zero-order valence-corrected chi connectivity index (χ0v) is 21.5. The van der Waals surface area contributed by atoms with Gasteiger partial charge in [0, 0.05) is 5.41 Å². The number of esters is 1. The molecule has 3 heteroatoms. The number of benzene rings is 2. The van der Waals surface area contributed by atoms with Gasteiger partial charge in [-0.15, -0.1) is 0 Å². The Balaban J connectivity index is 2.31. The number of carbonyl (C=O) groups excluding carboxylic acids is 1. The van der Waals surface area contributed by atoms with Gasteiger partial charge in [0.2, 0.25) is 0 Å². The molecular weight excluding hydrogens is 396 g/mol. The predicted octanol–water partition coefficient (Wildman–Crippen LogP) is 7.95. The van der Waals surface area contributed by atoms with Crippen molar-refractivity contribution >= 4 is 5.97 Å². The summed E-state index contributed by atoms with van der Waals surface area (Å²) in [5, 5.41) is 0. The van der Waals surface area contributed by atoms with Crippen LogP contribution in [0.4, 0.5) is 0 Å². The third-order valence-corrected chi connectivity index (χ3v) is 6.69. The number of hydrogen-bond acceptors (Lipinski definition) is 3. The van der Waals surface area contributed by atoms with Crippen molar-refractivity contribution in [2.75, 3.05) is 0 Å². The predicted molar refractivity (Wildman–Crippen MR) is 133 cm³/mol. The van der Waals surface area contributed by atoms with Crippen LogP contribution in [-0.4, -0.2) is 11.6 Å². The summed E-state index contributed by atoms with van der Waals surface area (Å²) >= 11 is 0. The van der Waals surface area contributed by atoms with Crippen molar-refractivity contribution in [3.63, 3.8) is 0 Å². The first-order valence-corrected chi connectivity index (χ1v) is 12.0. The van der Waals surface area contributed by atoms with Crippen LogP contribution in [0.15, 0.2) is 48.5 Å². The van der Waals surface area contributed by atoms with Gasteiger partial charge in [-0.05, 0) is 88.3 Å². The van der Waals surface area contributed by atoms with Gasteiger partial charge in [-0.3, -0.25) is 4.79 Å². The zero-order valence-electron chi connectivity index (χ0n) is 21.5. The molecule has 0 aliphatic carbocycles. The average Bonchev–Trinajstić information content (AvgIpc) is 2.73. The van der Waals surface area contributed by atoms with Crippen molar-refractivity contribution in [1.82, 2.24) is 0 Å². The van der Waals surface area contributed by atoms with Gasteiger partial charge >= 0.3 is 5.97 Å². The molecule has 0 radical (unpaired) electrons. The molecule has 0 aliphatic rings. The molecule has 2 aromatic carbocycles. The summed E-state index contributed by atoms with van der Waals surface area (Å²) in [5.41, 5.74) is 1.65. The van der Waals surface area contributed by atoms with Crippen molar-refractivity contribution in [3.05, 3.63) is 59.7 Å². The Morgan fingerprint density at radius 2 is 1.25 bits per heavy atom. The largest absolute Gasteiger partial charge is 0.488 e. The van der Waals surface area contributed by atoms with E-state index in [1.165, 1.54) is 11.1 Å². The van der Waals surface area contributed by atoms with E-state index in [1.54, 1.807) is 0 Å². The monoisotopic (exact) mass is 438 g/mol. The fourth-order valence-electron chi connectivity index (χ4n) is 3.78. The van der Waals surface area contributed by atoms with Gasteiger partial charge in [0.15, 0.2) is 0 Å². The molecule has 0 spiro atoms. The van der Waals surface area contributed by atoms with Crippen molar-refractivity contribution in [2.45, 2.75) is 92.6 Å². The molecule has 0 heterocycles. The molecule has 2 rings (SSSR count). The minimum atomic E-state index is -0.485. The first-order chi connectivity index (χ1) is 14.8. The Bertz CT molecular complexity index is 876. The number of hydrogen-bond donors (Lipinski definition) is 0. The zero-order chi connectivity index (χ0) is 24.2. The Morgan fingerprint density at radius 3 is 1.66 bits per heavy atom. The molecule has 0 saturated carbocycles. The number of ether oxygens (including phenoxy) is 2. The topological polar surface area (TPSA) is 35.5 Å². The lowest BCUT2D eigenvalue weighted by Crippen LogP contribution is -2.28. The summed E-state index contributed by atoms with van der Waals surface area (Å²) in [6, 6.07) is 16.5. The first-order valence-electron chi connectivity index (χ1n) is 12.0. The molecule has 0 bridgehead atoms. The second-order valence-electron chi connectivity index (χ2n) is 10.8. The molecule has 176 valence electrons. The Morgan fingerprint density at radius 1 is 0.781 bits per heavy atom. The van der Waals surface area contributed by atoms with Crippen LogP contribution in [0, 0.1) is 11.3 Å². The summed E-state index contributed by atoms with van der Waals surface area (Å²) in [5.74, 6) is 1.83. The Labute approximate surface area is 195 Å².